The van der Waals surface area contributed by atoms with E-state index in [-0.39, 0.29) is 18.5 Å². The SMILES string of the molecule is CCC=CC1COC(C2COC(CCC)OC2)OC1. The fourth-order valence-electron chi connectivity index (χ4n) is 2.36. The van der Waals surface area contributed by atoms with E-state index in [1.807, 2.05) is 0 Å². The molecule has 0 bridgehead atoms. The minimum Gasteiger partial charge on any atom is -0.352 e. The van der Waals surface area contributed by atoms with E-state index in [0.29, 0.717) is 19.1 Å². The molecule has 4 nitrogen and oxygen atoms in total. The third kappa shape index (κ3) is 4.56. The maximum Gasteiger partial charge on any atom is 0.164 e. The summed E-state index contributed by atoms with van der Waals surface area (Å²) in [6.45, 7) is 7.07. The summed E-state index contributed by atoms with van der Waals surface area (Å²) in [5.74, 6) is 0.582. The summed E-state index contributed by atoms with van der Waals surface area (Å²) in [5, 5.41) is 0. The summed E-state index contributed by atoms with van der Waals surface area (Å²) in [6, 6.07) is 0. The van der Waals surface area contributed by atoms with Crippen molar-refractivity contribution in [3.05, 3.63) is 12.2 Å². The van der Waals surface area contributed by atoms with Gasteiger partial charge in [-0.3, -0.25) is 0 Å². The molecule has 110 valence electrons. The average Bonchev–Trinajstić information content (AvgIpc) is 2.47. The molecule has 0 aliphatic carbocycles. The standard InChI is InChI=1S/C15H26O4/c1-3-5-7-12-8-18-15(19-9-12)13-10-16-14(6-4-2)17-11-13/h5,7,12-15H,3-4,6,8-11H2,1-2H3. The number of hydrogen-bond acceptors (Lipinski definition) is 4. The van der Waals surface area contributed by atoms with Crippen LogP contribution >= 0.6 is 0 Å². The van der Waals surface area contributed by atoms with Crippen LogP contribution in [0.2, 0.25) is 0 Å². The summed E-state index contributed by atoms with van der Waals surface area (Å²) in [5.41, 5.74) is 0. The second-order valence-corrected chi connectivity index (χ2v) is 5.28. The van der Waals surface area contributed by atoms with Crippen molar-refractivity contribution in [1.82, 2.24) is 0 Å². The van der Waals surface area contributed by atoms with Crippen molar-refractivity contribution < 1.29 is 18.9 Å². The molecule has 0 saturated carbocycles. The van der Waals surface area contributed by atoms with E-state index < -0.39 is 0 Å². The lowest BCUT2D eigenvalue weighted by Crippen LogP contribution is -2.44. The molecule has 0 aromatic carbocycles. The fraction of sp³-hybridized carbons (Fsp3) is 0.867. The lowest BCUT2D eigenvalue weighted by atomic mass is 10.1. The van der Waals surface area contributed by atoms with E-state index in [0.717, 1.165) is 32.5 Å². The van der Waals surface area contributed by atoms with Crippen molar-refractivity contribution in [2.75, 3.05) is 26.4 Å². The zero-order chi connectivity index (χ0) is 13.5. The van der Waals surface area contributed by atoms with Crippen LogP contribution in [0.15, 0.2) is 12.2 Å². The Bertz CT molecular complexity index is 263. The molecule has 0 amide bonds. The highest BCUT2D eigenvalue weighted by molar-refractivity contribution is 4.89. The molecular formula is C15H26O4. The maximum absolute atomic E-state index is 5.79. The molecule has 2 rings (SSSR count). The zero-order valence-corrected chi connectivity index (χ0v) is 12.0. The number of rotatable bonds is 5. The molecule has 2 aliphatic rings. The molecule has 19 heavy (non-hydrogen) atoms. The zero-order valence-electron chi connectivity index (χ0n) is 12.0. The molecule has 2 saturated heterocycles. The van der Waals surface area contributed by atoms with Crippen LogP contribution in [0, 0.1) is 11.8 Å². The first-order valence-corrected chi connectivity index (χ1v) is 7.46. The third-order valence-electron chi connectivity index (χ3n) is 3.49. The van der Waals surface area contributed by atoms with Gasteiger partial charge < -0.3 is 18.9 Å². The average molecular weight is 270 g/mol. The van der Waals surface area contributed by atoms with Gasteiger partial charge in [0.25, 0.3) is 0 Å². The Morgan fingerprint density at radius 3 is 2.21 bits per heavy atom. The van der Waals surface area contributed by atoms with Gasteiger partial charge in [-0.1, -0.05) is 32.4 Å². The van der Waals surface area contributed by atoms with Crippen molar-refractivity contribution in [3.8, 4) is 0 Å². The van der Waals surface area contributed by atoms with E-state index in [1.54, 1.807) is 0 Å². The highest BCUT2D eigenvalue weighted by Gasteiger charge is 2.32. The first-order valence-electron chi connectivity index (χ1n) is 7.46. The lowest BCUT2D eigenvalue weighted by Gasteiger charge is -2.37. The smallest absolute Gasteiger partial charge is 0.164 e. The van der Waals surface area contributed by atoms with Gasteiger partial charge in [-0.2, -0.15) is 0 Å². The molecule has 0 aromatic rings. The Hall–Kier alpha value is -0.420. The number of hydrogen-bond donors (Lipinski definition) is 0. The molecule has 0 spiro atoms. The van der Waals surface area contributed by atoms with Crippen LogP contribution in [-0.4, -0.2) is 39.0 Å². The Morgan fingerprint density at radius 2 is 1.63 bits per heavy atom. The molecule has 4 heteroatoms. The highest BCUT2D eigenvalue weighted by Crippen LogP contribution is 2.24. The molecule has 0 atom stereocenters. The Kier molecular flexibility index (Phi) is 6.31. The van der Waals surface area contributed by atoms with Gasteiger partial charge in [-0.25, -0.2) is 0 Å². The number of allylic oxidation sites excluding steroid dienone is 1. The second-order valence-electron chi connectivity index (χ2n) is 5.28. The van der Waals surface area contributed by atoms with Crippen LogP contribution in [0.5, 0.6) is 0 Å². The fourth-order valence-corrected chi connectivity index (χ4v) is 2.36. The quantitative estimate of drug-likeness (QED) is 0.720. The van der Waals surface area contributed by atoms with Gasteiger partial charge in [0.2, 0.25) is 0 Å². The van der Waals surface area contributed by atoms with Gasteiger partial charge in [0.1, 0.15) is 0 Å². The van der Waals surface area contributed by atoms with Crippen LogP contribution in [0.4, 0.5) is 0 Å². The summed E-state index contributed by atoms with van der Waals surface area (Å²) in [6.07, 6.45) is 7.24. The van der Waals surface area contributed by atoms with Crippen molar-refractivity contribution in [2.45, 2.75) is 45.7 Å². The van der Waals surface area contributed by atoms with Gasteiger partial charge in [0.05, 0.1) is 32.3 Å². The number of ether oxygens (including phenoxy) is 4. The first-order chi connectivity index (χ1) is 9.33. The van der Waals surface area contributed by atoms with Crippen LogP contribution < -0.4 is 0 Å². The van der Waals surface area contributed by atoms with Gasteiger partial charge in [-0.15, -0.1) is 0 Å². The van der Waals surface area contributed by atoms with Crippen molar-refractivity contribution in [3.63, 3.8) is 0 Å². The topological polar surface area (TPSA) is 36.9 Å². The van der Waals surface area contributed by atoms with E-state index in [1.165, 1.54) is 0 Å². The van der Waals surface area contributed by atoms with Crippen molar-refractivity contribution in [1.29, 1.82) is 0 Å². The molecule has 0 unspecified atom stereocenters. The van der Waals surface area contributed by atoms with E-state index in [2.05, 4.69) is 26.0 Å². The summed E-state index contributed by atoms with van der Waals surface area (Å²) in [7, 11) is 0. The van der Waals surface area contributed by atoms with Crippen molar-refractivity contribution in [2.24, 2.45) is 11.8 Å². The van der Waals surface area contributed by atoms with E-state index in [4.69, 9.17) is 18.9 Å². The lowest BCUT2D eigenvalue weighted by molar-refractivity contribution is -0.278. The van der Waals surface area contributed by atoms with Gasteiger partial charge in [0.15, 0.2) is 12.6 Å². The molecule has 0 N–H and O–H groups in total. The Balaban J connectivity index is 1.69. The second kappa shape index (κ2) is 8.00. The largest absolute Gasteiger partial charge is 0.352 e. The first kappa shape index (κ1) is 15.0. The summed E-state index contributed by atoms with van der Waals surface area (Å²) in [4.78, 5) is 0. The Morgan fingerprint density at radius 1 is 0.947 bits per heavy atom. The van der Waals surface area contributed by atoms with Gasteiger partial charge >= 0.3 is 0 Å². The van der Waals surface area contributed by atoms with Crippen LogP contribution in [-0.2, 0) is 18.9 Å². The molecule has 0 radical (unpaired) electrons. The minimum atomic E-state index is -0.172. The van der Waals surface area contributed by atoms with Crippen LogP contribution in [0.3, 0.4) is 0 Å². The minimum absolute atomic E-state index is 0.0370. The van der Waals surface area contributed by atoms with E-state index in [9.17, 15) is 0 Å². The maximum atomic E-state index is 5.79. The van der Waals surface area contributed by atoms with Crippen molar-refractivity contribution >= 4 is 0 Å². The normalized spacial score (nSPS) is 36.7. The molecule has 2 heterocycles. The molecule has 2 aliphatic heterocycles. The van der Waals surface area contributed by atoms with Gasteiger partial charge in [0, 0.05) is 5.92 Å². The van der Waals surface area contributed by atoms with Gasteiger partial charge in [-0.05, 0) is 12.8 Å². The molecule has 2 fully saturated rings. The highest BCUT2D eigenvalue weighted by atomic mass is 16.7. The van der Waals surface area contributed by atoms with Crippen LogP contribution in [0.25, 0.3) is 0 Å². The monoisotopic (exact) mass is 270 g/mol. The van der Waals surface area contributed by atoms with Crippen LogP contribution in [0.1, 0.15) is 33.1 Å². The summed E-state index contributed by atoms with van der Waals surface area (Å²) < 4.78 is 22.9. The Labute approximate surface area is 116 Å². The predicted molar refractivity (Wildman–Crippen MR) is 72.7 cm³/mol. The molecule has 0 aromatic heterocycles. The van der Waals surface area contributed by atoms with E-state index >= 15 is 0 Å². The molecular weight excluding hydrogens is 244 g/mol. The predicted octanol–water partition coefficient (Wildman–Crippen LogP) is 2.73. The third-order valence-corrected chi connectivity index (χ3v) is 3.49. The summed E-state index contributed by atoms with van der Waals surface area (Å²) >= 11 is 0.